The lowest BCUT2D eigenvalue weighted by atomic mass is 10.2. The first-order chi connectivity index (χ1) is 9.52. The highest BCUT2D eigenvalue weighted by Gasteiger charge is 2.15. The molecule has 0 fully saturated rings. The van der Waals surface area contributed by atoms with E-state index in [0.717, 1.165) is 12.1 Å². The van der Waals surface area contributed by atoms with Gasteiger partial charge in [-0.1, -0.05) is 17.7 Å². The van der Waals surface area contributed by atoms with Gasteiger partial charge >= 0.3 is 0 Å². The van der Waals surface area contributed by atoms with Gasteiger partial charge in [0.05, 0.1) is 16.0 Å². The molecule has 0 saturated carbocycles. The quantitative estimate of drug-likeness (QED) is 0.631. The Morgan fingerprint density at radius 2 is 2.05 bits per heavy atom. The number of non-ortho nitro benzene ring substituents is 1. The fourth-order valence-electron chi connectivity index (χ4n) is 1.50. The molecule has 0 unspecified atom stereocenters. The molecule has 0 N–H and O–H groups in total. The summed E-state index contributed by atoms with van der Waals surface area (Å²) in [6.07, 6.45) is 0. The SMILES string of the molecule is N#Cc1c(F)cccc1Oc1cc([N+](=O)[O-])ccc1Cl. The van der Waals surface area contributed by atoms with Crippen molar-refractivity contribution in [1.29, 1.82) is 5.26 Å². The van der Waals surface area contributed by atoms with Crippen LogP contribution in [0.4, 0.5) is 10.1 Å². The number of benzene rings is 2. The van der Waals surface area contributed by atoms with Crippen LogP contribution in [0.3, 0.4) is 0 Å². The fourth-order valence-corrected chi connectivity index (χ4v) is 1.66. The lowest BCUT2D eigenvalue weighted by Crippen LogP contribution is -1.94. The predicted octanol–water partition coefficient (Wildman–Crippen LogP) is 4.05. The lowest BCUT2D eigenvalue weighted by Gasteiger charge is -2.09. The van der Waals surface area contributed by atoms with Gasteiger partial charge < -0.3 is 4.74 Å². The number of nitro benzene ring substituents is 1. The Labute approximate surface area is 117 Å². The molecule has 0 spiro atoms. The second-order valence-electron chi connectivity index (χ2n) is 3.70. The molecule has 0 atom stereocenters. The summed E-state index contributed by atoms with van der Waals surface area (Å²) in [4.78, 5) is 10.1. The van der Waals surface area contributed by atoms with Crippen LogP contribution in [-0.2, 0) is 0 Å². The van der Waals surface area contributed by atoms with Gasteiger partial charge in [-0.05, 0) is 18.2 Å². The minimum atomic E-state index is -0.744. The van der Waals surface area contributed by atoms with Crippen LogP contribution in [0.25, 0.3) is 0 Å². The molecule has 0 amide bonds. The molecule has 100 valence electrons. The topological polar surface area (TPSA) is 76.2 Å². The molecule has 0 heterocycles. The van der Waals surface area contributed by atoms with Gasteiger partial charge in [0.2, 0.25) is 0 Å². The Morgan fingerprint density at radius 3 is 2.70 bits per heavy atom. The Kier molecular flexibility index (Phi) is 3.82. The van der Waals surface area contributed by atoms with E-state index < -0.39 is 10.7 Å². The van der Waals surface area contributed by atoms with Crippen LogP contribution < -0.4 is 4.74 Å². The second-order valence-corrected chi connectivity index (χ2v) is 4.11. The molecular weight excluding hydrogens is 287 g/mol. The normalized spacial score (nSPS) is 9.85. The zero-order valence-electron chi connectivity index (χ0n) is 9.84. The number of ether oxygens (including phenoxy) is 1. The van der Waals surface area contributed by atoms with E-state index in [-0.39, 0.29) is 27.8 Å². The molecule has 5 nitrogen and oxygen atoms in total. The summed E-state index contributed by atoms with van der Waals surface area (Å²) in [7, 11) is 0. The maximum absolute atomic E-state index is 13.4. The van der Waals surface area contributed by atoms with E-state index in [1.54, 1.807) is 6.07 Å². The number of rotatable bonds is 3. The molecule has 2 aromatic carbocycles. The van der Waals surface area contributed by atoms with E-state index in [4.69, 9.17) is 21.6 Å². The van der Waals surface area contributed by atoms with Crippen LogP contribution in [-0.4, -0.2) is 4.92 Å². The highest BCUT2D eigenvalue weighted by molar-refractivity contribution is 6.32. The van der Waals surface area contributed by atoms with Crippen LogP contribution >= 0.6 is 11.6 Å². The minimum Gasteiger partial charge on any atom is -0.454 e. The van der Waals surface area contributed by atoms with Crippen LogP contribution in [0.15, 0.2) is 36.4 Å². The van der Waals surface area contributed by atoms with Crippen LogP contribution in [0.2, 0.25) is 5.02 Å². The molecule has 0 saturated heterocycles. The molecule has 0 aliphatic rings. The van der Waals surface area contributed by atoms with Crippen molar-refractivity contribution in [2.75, 3.05) is 0 Å². The summed E-state index contributed by atoms with van der Waals surface area (Å²) >= 11 is 5.86. The molecule has 0 bridgehead atoms. The van der Waals surface area contributed by atoms with Crippen LogP contribution in [0.1, 0.15) is 5.56 Å². The molecule has 0 aliphatic carbocycles. The van der Waals surface area contributed by atoms with Crippen LogP contribution in [0.5, 0.6) is 11.5 Å². The smallest absolute Gasteiger partial charge is 0.273 e. The van der Waals surface area contributed by atoms with E-state index >= 15 is 0 Å². The summed E-state index contributed by atoms with van der Waals surface area (Å²) < 4.78 is 18.7. The Hall–Kier alpha value is -2.65. The van der Waals surface area contributed by atoms with Gasteiger partial charge in [0.25, 0.3) is 5.69 Å². The molecule has 0 radical (unpaired) electrons. The van der Waals surface area contributed by atoms with Gasteiger partial charge in [-0.15, -0.1) is 0 Å². The standard InChI is InChI=1S/C13H6ClFN2O3/c14-10-5-4-8(17(18)19)6-13(10)20-12-3-1-2-11(15)9(12)7-16/h1-6H. The highest BCUT2D eigenvalue weighted by Crippen LogP contribution is 2.34. The molecule has 2 aromatic rings. The van der Waals surface area contributed by atoms with Gasteiger partial charge in [0, 0.05) is 6.07 Å². The number of hydrogen-bond acceptors (Lipinski definition) is 4. The van der Waals surface area contributed by atoms with Crippen molar-refractivity contribution in [2.24, 2.45) is 0 Å². The van der Waals surface area contributed by atoms with Crippen molar-refractivity contribution in [3.05, 3.63) is 62.9 Å². The molecular formula is C13H6ClFN2O3. The van der Waals surface area contributed by atoms with E-state index in [2.05, 4.69) is 0 Å². The van der Waals surface area contributed by atoms with Gasteiger partial charge in [-0.2, -0.15) is 5.26 Å². The maximum atomic E-state index is 13.4. The molecule has 0 aromatic heterocycles. The van der Waals surface area contributed by atoms with Crippen molar-refractivity contribution in [3.8, 4) is 17.6 Å². The fraction of sp³-hybridized carbons (Fsp3) is 0. The summed E-state index contributed by atoms with van der Waals surface area (Å²) in [6.45, 7) is 0. The Bertz CT molecular complexity index is 728. The third-order valence-electron chi connectivity index (χ3n) is 2.43. The van der Waals surface area contributed by atoms with Gasteiger partial charge in [0.1, 0.15) is 23.2 Å². The first kappa shape index (κ1) is 13.8. The van der Waals surface area contributed by atoms with E-state index in [1.165, 1.54) is 24.3 Å². The third kappa shape index (κ3) is 2.68. The summed E-state index contributed by atoms with van der Waals surface area (Å²) in [6, 6.07) is 9.12. The molecule has 2 rings (SSSR count). The average molecular weight is 293 g/mol. The van der Waals surface area contributed by atoms with E-state index in [0.29, 0.717) is 0 Å². The first-order valence-corrected chi connectivity index (χ1v) is 5.71. The first-order valence-electron chi connectivity index (χ1n) is 5.33. The van der Waals surface area contributed by atoms with Crippen molar-refractivity contribution >= 4 is 17.3 Å². The number of hydrogen-bond donors (Lipinski definition) is 0. The number of nitrogens with zero attached hydrogens (tertiary/aromatic N) is 2. The summed E-state index contributed by atoms with van der Waals surface area (Å²) in [5.74, 6) is -0.829. The number of nitriles is 1. The van der Waals surface area contributed by atoms with Gasteiger partial charge in [-0.3, -0.25) is 10.1 Å². The zero-order valence-corrected chi connectivity index (χ0v) is 10.6. The number of nitro groups is 1. The van der Waals surface area contributed by atoms with Crippen molar-refractivity contribution < 1.29 is 14.1 Å². The minimum absolute atomic E-state index is 0.0250. The monoisotopic (exact) mass is 292 g/mol. The molecule has 20 heavy (non-hydrogen) atoms. The maximum Gasteiger partial charge on any atom is 0.273 e. The average Bonchev–Trinajstić information content (AvgIpc) is 2.41. The lowest BCUT2D eigenvalue weighted by molar-refractivity contribution is -0.384. The van der Waals surface area contributed by atoms with Crippen molar-refractivity contribution in [3.63, 3.8) is 0 Å². The summed E-state index contributed by atoms with van der Waals surface area (Å²) in [5, 5.41) is 19.7. The highest BCUT2D eigenvalue weighted by atomic mass is 35.5. The number of halogens is 2. The predicted molar refractivity (Wildman–Crippen MR) is 69.3 cm³/mol. The second kappa shape index (κ2) is 5.55. The van der Waals surface area contributed by atoms with E-state index in [9.17, 15) is 14.5 Å². The third-order valence-corrected chi connectivity index (χ3v) is 2.74. The largest absolute Gasteiger partial charge is 0.454 e. The zero-order chi connectivity index (χ0) is 14.7. The van der Waals surface area contributed by atoms with E-state index in [1.807, 2.05) is 0 Å². The van der Waals surface area contributed by atoms with Gasteiger partial charge in [-0.25, -0.2) is 4.39 Å². The van der Waals surface area contributed by atoms with Crippen LogP contribution in [0, 0.1) is 27.3 Å². The molecule has 7 heteroatoms. The van der Waals surface area contributed by atoms with Crippen molar-refractivity contribution in [1.82, 2.24) is 0 Å². The summed E-state index contributed by atoms with van der Waals surface area (Å²) in [5.41, 5.74) is -0.519. The Morgan fingerprint density at radius 1 is 1.30 bits per heavy atom. The molecule has 0 aliphatic heterocycles. The Balaban J connectivity index is 2.45. The van der Waals surface area contributed by atoms with Gasteiger partial charge in [0.15, 0.2) is 5.75 Å². The van der Waals surface area contributed by atoms with Crippen molar-refractivity contribution in [2.45, 2.75) is 0 Å².